The second-order valence-electron chi connectivity index (χ2n) is 5.89. The SMILES string of the molecule is COc1ccc(-c2noc(CC(=O)NCCNC(=O)c3ccccc3)n2)cc1. The maximum absolute atomic E-state index is 12.0. The van der Waals surface area contributed by atoms with Gasteiger partial charge in [0.05, 0.1) is 7.11 Å². The molecule has 3 rings (SSSR count). The molecule has 0 aliphatic carbocycles. The normalized spacial score (nSPS) is 10.3. The maximum atomic E-state index is 12.0. The molecule has 0 saturated carbocycles. The Kier molecular flexibility index (Phi) is 6.35. The second kappa shape index (κ2) is 9.31. The summed E-state index contributed by atoms with van der Waals surface area (Å²) in [6.45, 7) is 0.622. The van der Waals surface area contributed by atoms with Crippen LogP contribution in [0.2, 0.25) is 0 Å². The van der Waals surface area contributed by atoms with Gasteiger partial charge in [0, 0.05) is 24.2 Å². The van der Waals surface area contributed by atoms with Crippen molar-refractivity contribution in [1.29, 1.82) is 0 Å². The average Bonchev–Trinajstić information content (AvgIpc) is 3.20. The van der Waals surface area contributed by atoms with E-state index in [0.717, 1.165) is 11.3 Å². The molecule has 1 heterocycles. The van der Waals surface area contributed by atoms with Crippen molar-refractivity contribution in [3.8, 4) is 17.1 Å². The highest BCUT2D eigenvalue weighted by atomic mass is 16.5. The number of aromatic nitrogens is 2. The van der Waals surface area contributed by atoms with E-state index in [-0.39, 0.29) is 24.1 Å². The first kappa shape index (κ1) is 19.1. The standard InChI is InChI=1S/C20H20N4O4/c1-27-16-9-7-14(8-10-16)19-23-18(28-24-19)13-17(25)21-11-12-22-20(26)15-5-3-2-4-6-15/h2-10H,11-13H2,1H3,(H,21,25)(H,22,26). The molecular weight excluding hydrogens is 360 g/mol. The van der Waals surface area contributed by atoms with Gasteiger partial charge in [-0.25, -0.2) is 0 Å². The number of nitrogens with zero attached hydrogens (tertiary/aromatic N) is 2. The van der Waals surface area contributed by atoms with E-state index in [1.807, 2.05) is 18.2 Å². The molecule has 0 aliphatic rings. The predicted octanol–water partition coefficient (Wildman–Crippen LogP) is 1.83. The van der Waals surface area contributed by atoms with Gasteiger partial charge in [0.1, 0.15) is 12.2 Å². The van der Waals surface area contributed by atoms with Gasteiger partial charge in [-0.05, 0) is 36.4 Å². The van der Waals surface area contributed by atoms with Crippen molar-refractivity contribution >= 4 is 11.8 Å². The molecule has 0 spiro atoms. The Balaban J connectivity index is 1.42. The molecule has 28 heavy (non-hydrogen) atoms. The van der Waals surface area contributed by atoms with Crippen LogP contribution < -0.4 is 15.4 Å². The summed E-state index contributed by atoms with van der Waals surface area (Å²) < 4.78 is 10.2. The number of ether oxygens (including phenoxy) is 1. The van der Waals surface area contributed by atoms with Gasteiger partial charge in [0.25, 0.3) is 5.91 Å². The summed E-state index contributed by atoms with van der Waals surface area (Å²) in [5.74, 6) is 0.901. The van der Waals surface area contributed by atoms with E-state index in [9.17, 15) is 9.59 Å². The summed E-state index contributed by atoms with van der Waals surface area (Å²) >= 11 is 0. The van der Waals surface area contributed by atoms with Gasteiger partial charge >= 0.3 is 0 Å². The molecule has 144 valence electrons. The van der Waals surface area contributed by atoms with E-state index in [1.165, 1.54) is 0 Å². The van der Waals surface area contributed by atoms with Crippen LogP contribution in [0.1, 0.15) is 16.2 Å². The van der Waals surface area contributed by atoms with E-state index in [0.29, 0.717) is 24.5 Å². The third-order valence-corrected chi connectivity index (χ3v) is 3.90. The van der Waals surface area contributed by atoms with E-state index in [1.54, 1.807) is 43.5 Å². The van der Waals surface area contributed by atoms with Crippen molar-refractivity contribution < 1.29 is 18.8 Å². The molecule has 0 unspecified atom stereocenters. The number of nitrogens with one attached hydrogen (secondary N) is 2. The van der Waals surface area contributed by atoms with E-state index in [4.69, 9.17) is 9.26 Å². The van der Waals surface area contributed by atoms with Gasteiger partial charge in [-0.1, -0.05) is 23.4 Å². The zero-order valence-electron chi connectivity index (χ0n) is 15.3. The summed E-state index contributed by atoms with van der Waals surface area (Å²) in [6, 6.07) is 16.1. The molecule has 0 atom stereocenters. The summed E-state index contributed by atoms with van der Waals surface area (Å²) in [5, 5.41) is 9.33. The number of carbonyl (C=O) groups is 2. The minimum atomic E-state index is -0.265. The first-order valence-electron chi connectivity index (χ1n) is 8.72. The molecule has 0 saturated heterocycles. The monoisotopic (exact) mass is 380 g/mol. The fourth-order valence-electron chi connectivity index (χ4n) is 2.45. The first-order valence-corrected chi connectivity index (χ1v) is 8.72. The van der Waals surface area contributed by atoms with Crippen LogP contribution in [0.5, 0.6) is 5.75 Å². The minimum absolute atomic E-state index is 0.0320. The van der Waals surface area contributed by atoms with Crippen LogP contribution in [0.4, 0.5) is 0 Å². The molecule has 0 bridgehead atoms. The fraction of sp³-hybridized carbons (Fsp3) is 0.200. The Hall–Kier alpha value is -3.68. The average molecular weight is 380 g/mol. The maximum Gasteiger partial charge on any atom is 0.251 e. The van der Waals surface area contributed by atoms with Gasteiger partial charge in [0.2, 0.25) is 17.6 Å². The van der Waals surface area contributed by atoms with Crippen LogP contribution in [-0.4, -0.2) is 42.2 Å². The van der Waals surface area contributed by atoms with Crippen LogP contribution in [0.15, 0.2) is 59.1 Å². The molecule has 0 radical (unpaired) electrons. The summed E-state index contributed by atoms with van der Waals surface area (Å²) in [6.07, 6.45) is -0.0320. The van der Waals surface area contributed by atoms with E-state index >= 15 is 0 Å². The molecule has 3 aromatic rings. The molecule has 2 aromatic carbocycles. The van der Waals surface area contributed by atoms with Crippen molar-refractivity contribution in [1.82, 2.24) is 20.8 Å². The Morgan fingerprint density at radius 1 is 1.00 bits per heavy atom. The lowest BCUT2D eigenvalue weighted by atomic mass is 10.2. The van der Waals surface area contributed by atoms with Gasteiger partial charge in [-0.15, -0.1) is 0 Å². The van der Waals surface area contributed by atoms with Crippen LogP contribution in [0.3, 0.4) is 0 Å². The lowest BCUT2D eigenvalue weighted by Crippen LogP contribution is -2.35. The van der Waals surface area contributed by atoms with Gasteiger partial charge < -0.3 is 19.9 Å². The van der Waals surface area contributed by atoms with Crippen molar-refractivity contribution in [2.45, 2.75) is 6.42 Å². The molecule has 2 N–H and O–H groups in total. The number of rotatable bonds is 8. The number of methoxy groups -OCH3 is 1. The Bertz CT molecular complexity index is 923. The van der Waals surface area contributed by atoms with Crippen molar-refractivity contribution in [2.75, 3.05) is 20.2 Å². The second-order valence-corrected chi connectivity index (χ2v) is 5.89. The Labute approximate surface area is 161 Å². The van der Waals surface area contributed by atoms with Crippen molar-refractivity contribution in [3.63, 3.8) is 0 Å². The van der Waals surface area contributed by atoms with Gasteiger partial charge in [0.15, 0.2) is 0 Å². The fourth-order valence-corrected chi connectivity index (χ4v) is 2.45. The van der Waals surface area contributed by atoms with E-state index in [2.05, 4.69) is 20.8 Å². The third kappa shape index (κ3) is 5.16. The number of amides is 2. The molecule has 8 nitrogen and oxygen atoms in total. The molecule has 0 fully saturated rings. The summed E-state index contributed by atoms with van der Waals surface area (Å²) in [5.41, 5.74) is 1.34. The third-order valence-electron chi connectivity index (χ3n) is 3.90. The van der Waals surface area contributed by atoms with Crippen molar-refractivity contribution in [2.24, 2.45) is 0 Å². The Morgan fingerprint density at radius 2 is 1.71 bits per heavy atom. The highest BCUT2D eigenvalue weighted by Crippen LogP contribution is 2.19. The largest absolute Gasteiger partial charge is 0.497 e. The molecule has 8 heteroatoms. The number of hydrogen-bond acceptors (Lipinski definition) is 6. The highest BCUT2D eigenvalue weighted by molar-refractivity contribution is 5.94. The smallest absolute Gasteiger partial charge is 0.251 e. The minimum Gasteiger partial charge on any atom is -0.497 e. The molecule has 2 amide bonds. The first-order chi connectivity index (χ1) is 13.7. The van der Waals surface area contributed by atoms with Crippen LogP contribution in [-0.2, 0) is 11.2 Å². The zero-order valence-corrected chi connectivity index (χ0v) is 15.3. The number of hydrogen-bond donors (Lipinski definition) is 2. The molecular formula is C20H20N4O4. The summed E-state index contributed by atoms with van der Waals surface area (Å²) in [4.78, 5) is 28.1. The molecule has 0 aliphatic heterocycles. The van der Waals surface area contributed by atoms with Crippen molar-refractivity contribution in [3.05, 3.63) is 66.1 Å². The quantitative estimate of drug-likeness (QED) is 0.578. The predicted molar refractivity (Wildman–Crippen MR) is 102 cm³/mol. The van der Waals surface area contributed by atoms with Crippen LogP contribution in [0, 0.1) is 0 Å². The lowest BCUT2D eigenvalue weighted by molar-refractivity contribution is -0.120. The summed E-state index contributed by atoms with van der Waals surface area (Å²) in [7, 11) is 1.59. The van der Waals surface area contributed by atoms with Crippen LogP contribution in [0.25, 0.3) is 11.4 Å². The highest BCUT2D eigenvalue weighted by Gasteiger charge is 2.12. The molecule has 1 aromatic heterocycles. The lowest BCUT2D eigenvalue weighted by Gasteiger charge is -2.06. The van der Waals surface area contributed by atoms with Gasteiger partial charge in [-0.3, -0.25) is 9.59 Å². The van der Waals surface area contributed by atoms with Crippen LogP contribution >= 0.6 is 0 Å². The number of benzene rings is 2. The topological polar surface area (TPSA) is 106 Å². The van der Waals surface area contributed by atoms with Gasteiger partial charge in [-0.2, -0.15) is 4.98 Å². The Morgan fingerprint density at radius 3 is 2.43 bits per heavy atom. The zero-order chi connectivity index (χ0) is 19.8. The van der Waals surface area contributed by atoms with E-state index < -0.39 is 0 Å². The number of carbonyl (C=O) groups excluding carboxylic acids is 2.